The molecule has 0 fully saturated rings. The van der Waals surface area contributed by atoms with Crippen molar-refractivity contribution < 1.29 is 9.53 Å². The Balaban J connectivity index is 2.11. The highest BCUT2D eigenvalue weighted by atomic mass is 16.5. The molecule has 0 heterocycles. The van der Waals surface area contributed by atoms with E-state index in [9.17, 15) is 4.79 Å². The fourth-order valence-corrected chi connectivity index (χ4v) is 5.50. The summed E-state index contributed by atoms with van der Waals surface area (Å²) in [7, 11) is 0. The van der Waals surface area contributed by atoms with E-state index in [2.05, 4.69) is 71.9 Å². The fraction of sp³-hybridized carbons (Fsp3) is 0.703. The number of rotatable bonds is 21. The van der Waals surface area contributed by atoms with Gasteiger partial charge in [0.1, 0.15) is 6.61 Å². The molecular weight excluding hydrogens is 476 g/mol. The Labute approximate surface area is 243 Å². The lowest BCUT2D eigenvalue weighted by atomic mass is 9.72. The van der Waals surface area contributed by atoms with Gasteiger partial charge in [-0.05, 0) is 63.5 Å². The van der Waals surface area contributed by atoms with Gasteiger partial charge in [0.05, 0.1) is 0 Å². The van der Waals surface area contributed by atoms with Crippen LogP contribution in [0.1, 0.15) is 157 Å². The monoisotopic (exact) mass is 538 g/mol. The van der Waals surface area contributed by atoms with Crippen LogP contribution in [0, 0.1) is 5.41 Å². The molecule has 2 heteroatoms. The summed E-state index contributed by atoms with van der Waals surface area (Å²) >= 11 is 0. The molecule has 0 saturated heterocycles. The summed E-state index contributed by atoms with van der Waals surface area (Å²) in [6.45, 7) is 13.8. The molecule has 1 rings (SSSR count). The lowest BCUT2D eigenvalue weighted by molar-refractivity contribution is -0.142. The van der Waals surface area contributed by atoms with E-state index < -0.39 is 0 Å². The Morgan fingerprint density at radius 1 is 0.821 bits per heavy atom. The molecule has 1 aliphatic carbocycles. The number of hydrogen-bond donors (Lipinski definition) is 0. The number of hydrogen-bond acceptors (Lipinski definition) is 2. The van der Waals surface area contributed by atoms with Gasteiger partial charge in [-0.2, -0.15) is 0 Å². The first kappa shape index (κ1) is 35.2. The van der Waals surface area contributed by atoms with Gasteiger partial charge in [-0.25, -0.2) is 0 Å². The number of esters is 1. The molecule has 0 bridgehead atoms. The smallest absolute Gasteiger partial charge is 0.306 e. The first-order chi connectivity index (χ1) is 18.8. The van der Waals surface area contributed by atoms with E-state index in [4.69, 9.17) is 4.74 Å². The maximum Gasteiger partial charge on any atom is 0.306 e. The van der Waals surface area contributed by atoms with Crippen molar-refractivity contribution in [1.29, 1.82) is 0 Å². The number of unbranched alkanes of at least 4 members (excludes halogenated alkanes) is 13. The van der Waals surface area contributed by atoms with Crippen LogP contribution in [-0.2, 0) is 9.53 Å². The van der Waals surface area contributed by atoms with Crippen LogP contribution >= 0.6 is 0 Å². The van der Waals surface area contributed by atoms with E-state index in [1.807, 2.05) is 6.08 Å². The van der Waals surface area contributed by atoms with Crippen LogP contribution < -0.4 is 0 Å². The first-order valence-corrected chi connectivity index (χ1v) is 16.3. The second-order valence-corrected chi connectivity index (χ2v) is 12.5. The Bertz CT molecular complexity index is 818. The van der Waals surface area contributed by atoms with E-state index in [1.54, 1.807) is 0 Å². The maximum absolute atomic E-state index is 12.0. The van der Waals surface area contributed by atoms with Crippen LogP contribution in [0.5, 0.6) is 0 Å². The van der Waals surface area contributed by atoms with Crippen molar-refractivity contribution in [3.05, 3.63) is 58.7 Å². The van der Waals surface area contributed by atoms with Gasteiger partial charge in [0.2, 0.25) is 0 Å². The topological polar surface area (TPSA) is 26.3 Å². The van der Waals surface area contributed by atoms with E-state index in [-0.39, 0.29) is 11.4 Å². The SMILES string of the molecule is CCCCCCCCCCCCCCCCC(=O)OC/C=C(C)/C=C/C=C(C)/C=C/C1=C(C)CCCC1(C)C. The second-order valence-electron chi connectivity index (χ2n) is 12.5. The molecule has 0 N–H and O–H groups in total. The summed E-state index contributed by atoms with van der Waals surface area (Å²) in [5, 5.41) is 0. The van der Waals surface area contributed by atoms with Crippen LogP contribution in [0.2, 0.25) is 0 Å². The van der Waals surface area contributed by atoms with Crippen molar-refractivity contribution in [3.8, 4) is 0 Å². The number of ether oxygens (including phenoxy) is 1. The van der Waals surface area contributed by atoms with Crippen LogP contribution in [0.25, 0.3) is 0 Å². The molecule has 0 unspecified atom stereocenters. The fourth-order valence-electron chi connectivity index (χ4n) is 5.50. The minimum Gasteiger partial charge on any atom is -0.461 e. The molecule has 222 valence electrons. The van der Waals surface area contributed by atoms with E-state index >= 15 is 0 Å². The van der Waals surface area contributed by atoms with Crippen LogP contribution in [-0.4, -0.2) is 12.6 Å². The summed E-state index contributed by atoms with van der Waals surface area (Å²) in [5.74, 6) is -0.0712. The van der Waals surface area contributed by atoms with E-state index in [0.717, 1.165) is 18.4 Å². The van der Waals surface area contributed by atoms with Crippen LogP contribution in [0.4, 0.5) is 0 Å². The number of carbonyl (C=O) groups excluding carboxylic acids is 1. The molecule has 39 heavy (non-hydrogen) atoms. The zero-order valence-corrected chi connectivity index (χ0v) is 26.7. The molecule has 0 aromatic carbocycles. The number of carbonyl (C=O) groups is 1. The average Bonchev–Trinajstić information content (AvgIpc) is 2.88. The molecule has 0 amide bonds. The Morgan fingerprint density at radius 2 is 1.38 bits per heavy atom. The van der Waals surface area contributed by atoms with Crippen molar-refractivity contribution >= 4 is 5.97 Å². The molecule has 2 nitrogen and oxygen atoms in total. The normalized spacial score (nSPS) is 16.6. The van der Waals surface area contributed by atoms with Gasteiger partial charge in [0.15, 0.2) is 0 Å². The third kappa shape index (κ3) is 18.2. The molecule has 0 aromatic rings. The maximum atomic E-state index is 12.0. The zero-order valence-electron chi connectivity index (χ0n) is 26.7. The van der Waals surface area contributed by atoms with Gasteiger partial charge in [-0.1, -0.05) is 151 Å². The molecule has 0 spiro atoms. The molecule has 0 saturated carbocycles. The lowest BCUT2D eigenvalue weighted by Crippen LogP contribution is -2.19. The Morgan fingerprint density at radius 3 is 1.95 bits per heavy atom. The first-order valence-electron chi connectivity index (χ1n) is 16.3. The third-order valence-corrected chi connectivity index (χ3v) is 8.16. The van der Waals surface area contributed by atoms with Gasteiger partial charge in [0, 0.05) is 6.42 Å². The summed E-state index contributed by atoms with van der Waals surface area (Å²) < 4.78 is 5.41. The molecule has 0 atom stereocenters. The van der Waals surface area contributed by atoms with E-state index in [1.165, 1.54) is 113 Å². The van der Waals surface area contributed by atoms with Crippen molar-refractivity contribution in [1.82, 2.24) is 0 Å². The molecule has 1 aliphatic rings. The van der Waals surface area contributed by atoms with E-state index in [0.29, 0.717) is 13.0 Å². The van der Waals surface area contributed by atoms with Crippen molar-refractivity contribution in [2.45, 2.75) is 157 Å². The molecule has 0 aromatic heterocycles. The minimum atomic E-state index is -0.0712. The number of allylic oxidation sites excluding steroid dienone is 9. The zero-order chi connectivity index (χ0) is 28.8. The highest BCUT2D eigenvalue weighted by Crippen LogP contribution is 2.40. The molecule has 0 radical (unpaired) electrons. The molecular formula is C37H62O2. The highest BCUT2D eigenvalue weighted by Gasteiger charge is 2.26. The summed E-state index contributed by atoms with van der Waals surface area (Å²) in [5.41, 5.74) is 5.65. The predicted molar refractivity (Wildman–Crippen MR) is 172 cm³/mol. The lowest BCUT2D eigenvalue weighted by Gasteiger charge is -2.32. The second kappa shape index (κ2) is 21.9. The summed E-state index contributed by atoms with van der Waals surface area (Å²) in [4.78, 5) is 12.0. The van der Waals surface area contributed by atoms with Gasteiger partial charge in [0.25, 0.3) is 0 Å². The van der Waals surface area contributed by atoms with Crippen LogP contribution in [0.15, 0.2) is 58.7 Å². The standard InChI is InChI=1S/C37H62O2/c1-7-8-9-10-11-12-13-14-15-16-17-18-19-20-26-36(38)39-31-29-33(3)24-21-23-32(2)27-28-35-34(4)25-22-30-37(35,5)6/h21,23-24,27-29H,7-20,22,25-26,30-31H2,1-6H3/b24-21+,28-27+,32-23+,33-29+. The Kier molecular flexibility index (Phi) is 19.8. The average molecular weight is 539 g/mol. The van der Waals surface area contributed by atoms with Gasteiger partial charge in [-0.3, -0.25) is 4.79 Å². The minimum absolute atomic E-state index is 0.0712. The largest absolute Gasteiger partial charge is 0.461 e. The van der Waals surface area contributed by atoms with Crippen LogP contribution in [0.3, 0.4) is 0 Å². The predicted octanol–water partition coefficient (Wildman–Crippen LogP) is 11.9. The third-order valence-electron chi connectivity index (χ3n) is 8.16. The van der Waals surface area contributed by atoms with Gasteiger partial charge >= 0.3 is 5.97 Å². The van der Waals surface area contributed by atoms with Gasteiger partial charge < -0.3 is 4.74 Å². The quantitative estimate of drug-likeness (QED) is 0.0825. The van der Waals surface area contributed by atoms with Crippen molar-refractivity contribution in [2.75, 3.05) is 6.61 Å². The Hall–Kier alpha value is -1.83. The van der Waals surface area contributed by atoms with Crippen molar-refractivity contribution in [2.24, 2.45) is 5.41 Å². The van der Waals surface area contributed by atoms with Gasteiger partial charge in [-0.15, -0.1) is 0 Å². The molecule has 0 aliphatic heterocycles. The summed E-state index contributed by atoms with van der Waals surface area (Å²) in [6, 6.07) is 0. The summed E-state index contributed by atoms with van der Waals surface area (Å²) in [6.07, 6.45) is 35.7. The van der Waals surface area contributed by atoms with Crippen molar-refractivity contribution in [3.63, 3.8) is 0 Å². The highest BCUT2D eigenvalue weighted by molar-refractivity contribution is 5.69.